The van der Waals surface area contributed by atoms with Crippen molar-refractivity contribution in [3.05, 3.63) is 101 Å². The van der Waals surface area contributed by atoms with Crippen LogP contribution < -0.4 is 10.1 Å². The molecule has 3 aromatic carbocycles. The van der Waals surface area contributed by atoms with Crippen LogP contribution in [0.1, 0.15) is 39.6 Å². The standard InChI is InChI=1S/C29H29N3O3/c1-31-24-13-7-6-12-23(24)26-27(21-14-16-22(35-2)17-15-21)32(29(34)28(26)31)19-25(33)30-18-8-11-20-9-4-3-5-10-20/h3-7,9-10,12-17,27H,8,11,18-19H2,1-2H3,(H,30,33). The van der Waals surface area contributed by atoms with Gasteiger partial charge in [-0.05, 0) is 42.2 Å². The lowest BCUT2D eigenvalue weighted by atomic mass is 9.98. The summed E-state index contributed by atoms with van der Waals surface area (Å²) < 4.78 is 7.27. The van der Waals surface area contributed by atoms with Crippen molar-refractivity contribution in [3.63, 3.8) is 0 Å². The quantitative estimate of drug-likeness (QED) is 0.389. The van der Waals surface area contributed by atoms with Gasteiger partial charge in [0, 0.05) is 30.1 Å². The van der Waals surface area contributed by atoms with E-state index < -0.39 is 0 Å². The maximum absolute atomic E-state index is 13.6. The molecule has 1 aromatic heterocycles. The van der Waals surface area contributed by atoms with Gasteiger partial charge >= 0.3 is 0 Å². The Morgan fingerprint density at radius 2 is 1.69 bits per heavy atom. The van der Waals surface area contributed by atoms with E-state index in [9.17, 15) is 9.59 Å². The Morgan fingerprint density at radius 1 is 0.971 bits per heavy atom. The summed E-state index contributed by atoms with van der Waals surface area (Å²) in [5, 5.41) is 4.03. The molecule has 1 aliphatic heterocycles. The number of fused-ring (bicyclic) bond motifs is 3. The van der Waals surface area contributed by atoms with Crippen LogP contribution in [0, 0.1) is 0 Å². The van der Waals surface area contributed by atoms with Gasteiger partial charge in [-0.3, -0.25) is 9.59 Å². The SMILES string of the molecule is COc1ccc(C2c3c(n(C)c4ccccc34)C(=O)N2CC(=O)NCCCc2ccccc2)cc1. The summed E-state index contributed by atoms with van der Waals surface area (Å²) >= 11 is 0. The molecule has 0 saturated heterocycles. The number of ether oxygens (including phenoxy) is 1. The van der Waals surface area contributed by atoms with E-state index in [2.05, 4.69) is 17.4 Å². The van der Waals surface area contributed by atoms with Crippen LogP contribution in [0.5, 0.6) is 5.75 Å². The fraction of sp³-hybridized carbons (Fsp3) is 0.241. The molecule has 2 heterocycles. The Kier molecular flexibility index (Phi) is 6.27. The van der Waals surface area contributed by atoms with E-state index in [0.717, 1.165) is 40.6 Å². The highest BCUT2D eigenvalue weighted by Gasteiger charge is 2.42. The number of benzene rings is 3. The first-order valence-electron chi connectivity index (χ1n) is 11.9. The van der Waals surface area contributed by atoms with Gasteiger partial charge in [-0.15, -0.1) is 0 Å². The normalized spacial score (nSPS) is 14.9. The minimum atomic E-state index is -0.343. The molecular formula is C29H29N3O3. The summed E-state index contributed by atoms with van der Waals surface area (Å²) in [6.07, 6.45) is 1.74. The van der Waals surface area contributed by atoms with Crippen LogP contribution in [0.15, 0.2) is 78.9 Å². The lowest BCUT2D eigenvalue weighted by Gasteiger charge is -2.26. The van der Waals surface area contributed by atoms with Crippen LogP contribution in [0.3, 0.4) is 0 Å². The van der Waals surface area contributed by atoms with E-state index in [1.165, 1.54) is 5.56 Å². The largest absolute Gasteiger partial charge is 0.497 e. The number of nitrogens with one attached hydrogen (secondary N) is 1. The molecule has 4 aromatic rings. The number of carbonyl (C=O) groups is 2. The third-order valence-corrected chi connectivity index (χ3v) is 6.75. The molecule has 0 fully saturated rings. The van der Waals surface area contributed by atoms with Gasteiger partial charge in [0.15, 0.2) is 0 Å². The smallest absolute Gasteiger partial charge is 0.272 e. The second-order valence-electron chi connectivity index (χ2n) is 8.89. The maximum atomic E-state index is 13.6. The molecule has 1 unspecified atom stereocenters. The zero-order valence-corrected chi connectivity index (χ0v) is 20.0. The average Bonchev–Trinajstić information content (AvgIpc) is 3.34. The monoisotopic (exact) mass is 467 g/mol. The van der Waals surface area contributed by atoms with E-state index in [1.807, 2.05) is 78.3 Å². The number of amides is 2. The Labute approximate surface area is 205 Å². The van der Waals surface area contributed by atoms with Crippen molar-refractivity contribution in [2.24, 2.45) is 7.05 Å². The summed E-state index contributed by atoms with van der Waals surface area (Å²) in [5.41, 5.74) is 4.80. The molecule has 0 saturated carbocycles. The Balaban J connectivity index is 1.38. The topological polar surface area (TPSA) is 63.6 Å². The number of nitrogens with zero attached hydrogens (tertiary/aromatic N) is 2. The van der Waals surface area contributed by atoms with Crippen LogP contribution in [0.2, 0.25) is 0 Å². The molecule has 0 radical (unpaired) electrons. The summed E-state index contributed by atoms with van der Waals surface area (Å²) in [6, 6.07) is 25.6. The molecule has 35 heavy (non-hydrogen) atoms. The zero-order valence-electron chi connectivity index (χ0n) is 20.0. The van der Waals surface area contributed by atoms with Gasteiger partial charge in [0.1, 0.15) is 18.0 Å². The highest BCUT2D eigenvalue weighted by Crippen LogP contribution is 2.43. The fourth-order valence-electron chi connectivity index (χ4n) is 5.04. The van der Waals surface area contributed by atoms with Crippen LogP contribution >= 0.6 is 0 Å². The first-order chi connectivity index (χ1) is 17.1. The van der Waals surface area contributed by atoms with Crippen molar-refractivity contribution in [2.75, 3.05) is 20.2 Å². The fourth-order valence-corrected chi connectivity index (χ4v) is 5.04. The summed E-state index contributed by atoms with van der Waals surface area (Å²) in [6.45, 7) is 0.572. The molecule has 6 nitrogen and oxygen atoms in total. The van der Waals surface area contributed by atoms with Crippen molar-refractivity contribution in [1.82, 2.24) is 14.8 Å². The van der Waals surface area contributed by atoms with Crippen molar-refractivity contribution < 1.29 is 14.3 Å². The van der Waals surface area contributed by atoms with Crippen molar-refractivity contribution in [1.29, 1.82) is 0 Å². The Hall–Kier alpha value is -4.06. The molecule has 2 amide bonds. The molecule has 0 spiro atoms. The van der Waals surface area contributed by atoms with Gasteiger partial charge < -0.3 is 19.5 Å². The first-order valence-corrected chi connectivity index (χ1v) is 11.9. The highest BCUT2D eigenvalue weighted by molar-refractivity contribution is 6.07. The average molecular weight is 468 g/mol. The number of aryl methyl sites for hydroxylation is 2. The van der Waals surface area contributed by atoms with Crippen molar-refractivity contribution in [3.8, 4) is 5.75 Å². The lowest BCUT2D eigenvalue weighted by Crippen LogP contribution is -2.40. The third kappa shape index (κ3) is 4.28. The number of hydrogen-bond acceptors (Lipinski definition) is 3. The predicted octanol–water partition coefficient (Wildman–Crippen LogP) is 4.48. The van der Waals surface area contributed by atoms with Crippen LogP contribution in [-0.4, -0.2) is 41.5 Å². The lowest BCUT2D eigenvalue weighted by molar-refractivity contribution is -0.122. The number of para-hydroxylation sites is 1. The van der Waals surface area contributed by atoms with Crippen LogP contribution in [0.4, 0.5) is 0 Å². The number of aromatic nitrogens is 1. The minimum Gasteiger partial charge on any atom is -0.497 e. The minimum absolute atomic E-state index is 0.00384. The van der Waals surface area contributed by atoms with Crippen molar-refractivity contribution in [2.45, 2.75) is 18.9 Å². The molecule has 1 atom stereocenters. The molecule has 0 aliphatic carbocycles. The second-order valence-corrected chi connectivity index (χ2v) is 8.89. The van der Waals surface area contributed by atoms with E-state index in [-0.39, 0.29) is 24.4 Å². The van der Waals surface area contributed by atoms with Crippen molar-refractivity contribution >= 4 is 22.7 Å². The number of methoxy groups -OCH3 is 1. The molecule has 1 N–H and O–H groups in total. The number of rotatable bonds is 8. The predicted molar refractivity (Wildman–Crippen MR) is 137 cm³/mol. The van der Waals surface area contributed by atoms with E-state index in [1.54, 1.807) is 12.0 Å². The zero-order chi connectivity index (χ0) is 24.4. The molecule has 178 valence electrons. The summed E-state index contributed by atoms with van der Waals surface area (Å²) in [5.74, 6) is 0.472. The Morgan fingerprint density at radius 3 is 2.43 bits per heavy atom. The molecule has 1 aliphatic rings. The molecular weight excluding hydrogens is 438 g/mol. The number of hydrogen-bond donors (Lipinski definition) is 1. The number of carbonyl (C=O) groups excluding carboxylic acids is 2. The van der Waals surface area contributed by atoms with Gasteiger partial charge in [0.25, 0.3) is 5.91 Å². The molecule has 6 heteroatoms. The van der Waals surface area contributed by atoms with E-state index in [0.29, 0.717) is 12.2 Å². The van der Waals surface area contributed by atoms with Gasteiger partial charge in [0.2, 0.25) is 5.91 Å². The van der Waals surface area contributed by atoms with Crippen LogP contribution in [-0.2, 0) is 18.3 Å². The van der Waals surface area contributed by atoms with Gasteiger partial charge in [-0.1, -0.05) is 60.7 Å². The molecule has 0 bridgehead atoms. The van der Waals surface area contributed by atoms with E-state index in [4.69, 9.17) is 4.74 Å². The third-order valence-electron chi connectivity index (χ3n) is 6.75. The first kappa shape index (κ1) is 22.7. The molecule has 5 rings (SSSR count). The maximum Gasteiger partial charge on any atom is 0.272 e. The van der Waals surface area contributed by atoms with Gasteiger partial charge in [-0.2, -0.15) is 0 Å². The van der Waals surface area contributed by atoms with Crippen LogP contribution in [0.25, 0.3) is 10.9 Å². The Bertz CT molecular complexity index is 1360. The van der Waals surface area contributed by atoms with Gasteiger partial charge in [0.05, 0.1) is 13.2 Å². The van der Waals surface area contributed by atoms with Gasteiger partial charge in [-0.25, -0.2) is 0 Å². The highest BCUT2D eigenvalue weighted by atomic mass is 16.5. The summed E-state index contributed by atoms with van der Waals surface area (Å²) in [4.78, 5) is 28.3. The second kappa shape index (κ2) is 9.66. The van der Waals surface area contributed by atoms with E-state index >= 15 is 0 Å². The summed E-state index contributed by atoms with van der Waals surface area (Å²) in [7, 11) is 3.54.